The lowest BCUT2D eigenvalue weighted by Gasteiger charge is -2.20. The fraction of sp³-hybridized carbons (Fsp3) is 0.714. The quantitative estimate of drug-likeness (QED) is 0.858. The molecule has 4 heteroatoms. The van der Waals surface area contributed by atoms with Gasteiger partial charge >= 0.3 is 0 Å². The second kappa shape index (κ2) is 7.10. The minimum absolute atomic E-state index is 0.131. The molecule has 0 fully saturated rings. The van der Waals surface area contributed by atoms with Gasteiger partial charge in [-0.1, -0.05) is 13.8 Å². The molecule has 0 amide bonds. The summed E-state index contributed by atoms with van der Waals surface area (Å²) in [5.41, 5.74) is 1.27. The number of nitrogens with one attached hydrogen (secondary N) is 1. The Hall–Kier alpha value is -0.610. The molecular formula is C14H25N3S. The molecule has 0 radical (unpaired) electrons. The van der Waals surface area contributed by atoms with Crippen molar-refractivity contribution in [3.05, 3.63) is 23.8 Å². The van der Waals surface area contributed by atoms with E-state index in [-0.39, 0.29) is 5.54 Å². The van der Waals surface area contributed by atoms with Crippen molar-refractivity contribution >= 4 is 11.8 Å². The molecular weight excluding hydrogens is 242 g/mol. The lowest BCUT2D eigenvalue weighted by atomic mass is 10.1. The first-order chi connectivity index (χ1) is 8.37. The molecule has 1 N–H and O–H groups in total. The molecule has 1 aromatic rings. The summed E-state index contributed by atoms with van der Waals surface area (Å²) in [5.74, 6) is 3.73. The van der Waals surface area contributed by atoms with Crippen molar-refractivity contribution in [1.29, 1.82) is 0 Å². The van der Waals surface area contributed by atoms with Crippen LogP contribution in [0.4, 0.5) is 0 Å². The third-order valence-corrected chi connectivity index (χ3v) is 3.63. The van der Waals surface area contributed by atoms with Gasteiger partial charge in [0.2, 0.25) is 0 Å². The lowest BCUT2D eigenvalue weighted by Crippen LogP contribution is -2.35. The van der Waals surface area contributed by atoms with Crippen molar-refractivity contribution in [3.63, 3.8) is 0 Å². The third-order valence-electron chi connectivity index (χ3n) is 2.26. The highest BCUT2D eigenvalue weighted by molar-refractivity contribution is 7.98. The monoisotopic (exact) mass is 267 g/mol. The molecule has 18 heavy (non-hydrogen) atoms. The topological polar surface area (TPSA) is 37.8 Å². The van der Waals surface area contributed by atoms with Gasteiger partial charge in [0.05, 0.1) is 5.75 Å². The summed E-state index contributed by atoms with van der Waals surface area (Å²) in [6, 6.07) is 0. The van der Waals surface area contributed by atoms with Gasteiger partial charge < -0.3 is 5.32 Å². The molecule has 1 aromatic heterocycles. The zero-order chi connectivity index (χ0) is 13.6. The molecule has 0 saturated heterocycles. The Bertz CT molecular complexity index is 341. The normalized spacial score (nSPS) is 12.1. The molecule has 0 aliphatic carbocycles. The average molecular weight is 267 g/mol. The van der Waals surface area contributed by atoms with Crippen LogP contribution >= 0.6 is 11.8 Å². The summed E-state index contributed by atoms with van der Waals surface area (Å²) in [7, 11) is 0. The van der Waals surface area contributed by atoms with Crippen molar-refractivity contribution < 1.29 is 0 Å². The average Bonchev–Trinajstić information content (AvgIpc) is 2.26. The van der Waals surface area contributed by atoms with Gasteiger partial charge in [-0.3, -0.25) is 0 Å². The minimum Gasteiger partial charge on any atom is -0.308 e. The Morgan fingerprint density at radius 2 is 1.83 bits per heavy atom. The van der Waals surface area contributed by atoms with Gasteiger partial charge in [0, 0.05) is 30.0 Å². The van der Waals surface area contributed by atoms with E-state index in [1.807, 2.05) is 24.2 Å². The molecule has 0 spiro atoms. The van der Waals surface area contributed by atoms with Crippen molar-refractivity contribution in [1.82, 2.24) is 15.3 Å². The standard InChI is InChI=1S/C14H25N3S/c1-11(2)9-18-10-13-15-6-12(7-16-13)8-17-14(3,4)5/h6-7,11,17H,8-10H2,1-5H3. The summed E-state index contributed by atoms with van der Waals surface area (Å²) < 4.78 is 0. The van der Waals surface area contributed by atoms with Crippen LogP contribution in [-0.2, 0) is 12.3 Å². The summed E-state index contributed by atoms with van der Waals surface area (Å²) >= 11 is 1.90. The lowest BCUT2D eigenvalue weighted by molar-refractivity contribution is 0.423. The Morgan fingerprint density at radius 1 is 1.22 bits per heavy atom. The highest BCUT2D eigenvalue weighted by Crippen LogP contribution is 2.12. The van der Waals surface area contributed by atoms with Crippen LogP contribution in [-0.4, -0.2) is 21.3 Å². The van der Waals surface area contributed by atoms with Crippen LogP contribution in [0.1, 0.15) is 46.0 Å². The Balaban J connectivity index is 2.38. The summed E-state index contributed by atoms with van der Waals surface area (Å²) in [6.45, 7) is 11.8. The highest BCUT2D eigenvalue weighted by Gasteiger charge is 2.08. The Kier molecular flexibility index (Phi) is 6.09. The van der Waals surface area contributed by atoms with E-state index >= 15 is 0 Å². The van der Waals surface area contributed by atoms with E-state index in [4.69, 9.17) is 0 Å². The first-order valence-corrected chi connectivity index (χ1v) is 7.65. The number of hydrogen-bond donors (Lipinski definition) is 1. The van der Waals surface area contributed by atoms with E-state index in [1.54, 1.807) is 0 Å². The summed E-state index contributed by atoms with van der Waals surface area (Å²) in [6.07, 6.45) is 3.86. The molecule has 0 saturated carbocycles. The maximum Gasteiger partial charge on any atom is 0.138 e. The van der Waals surface area contributed by atoms with Gasteiger partial charge in [-0.05, 0) is 32.4 Å². The molecule has 0 bridgehead atoms. The SMILES string of the molecule is CC(C)CSCc1ncc(CNC(C)(C)C)cn1. The fourth-order valence-electron chi connectivity index (χ4n) is 1.30. The second-order valence-electron chi connectivity index (χ2n) is 6.02. The Labute approximate surface area is 115 Å². The molecule has 0 aromatic carbocycles. The molecule has 0 aliphatic heterocycles. The first-order valence-electron chi connectivity index (χ1n) is 6.49. The minimum atomic E-state index is 0.131. The van der Waals surface area contributed by atoms with Crippen molar-refractivity contribution in [2.24, 2.45) is 5.92 Å². The van der Waals surface area contributed by atoms with E-state index in [9.17, 15) is 0 Å². The van der Waals surface area contributed by atoms with E-state index in [1.165, 1.54) is 0 Å². The van der Waals surface area contributed by atoms with Crippen molar-refractivity contribution in [3.8, 4) is 0 Å². The van der Waals surface area contributed by atoms with E-state index in [0.717, 1.165) is 35.4 Å². The van der Waals surface area contributed by atoms with Crippen molar-refractivity contribution in [2.45, 2.75) is 52.5 Å². The predicted octanol–water partition coefficient (Wildman–Crippen LogP) is 3.25. The number of hydrogen-bond acceptors (Lipinski definition) is 4. The molecule has 102 valence electrons. The maximum atomic E-state index is 4.40. The second-order valence-corrected chi connectivity index (χ2v) is 7.05. The number of rotatable bonds is 6. The van der Waals surface area contributed by atoms with Crippen LogP contribution < -0.4 is 5.32 Å². The van der Waals surface area contributed by atoms with Gasteiger partial charge in [0.15, 0.2) is 0 Å². The zero-order valence-electron chi connectivity index (χ0n) is 12.2. The third kappa shape index (κ3) is 6.97. The van der Waals surface area contributed by atoms with E-state index in [0.29, 0.717) is 0 Å². The van der Waals surface area contributed by atoms with Gasteiger partial charge in [0.1, 0.15) is 5.82 Å². The molecule has 3 nitrogen and oxygen atoms in total. The van der Waals surface area contributed by atoms with Gasteiger partial charge in [0.25, 0.3) is 0 Å². The summed E-state index contributed by atoms with van der Waals surface area (Å²) in [5, 5.41) is 3.43. The smallest absolute Gasteiger partial charge is 0.138 e. The molecule has 1 rings (SSSR count). The van der Waals surface area contributed by atoms with Gasteiger partial charge in [-0.15, -0.1) is 0 Å². The number of aromatic nitrogens is 2. The first kappa shape index (κ1) is 15.4. The van der Waals surface area contributed by atoms with Gasteiger partial charge in [-0.2, -0.15) is 11.8 Å². The van der Waals surface area contributed by atoms with Gasteiger partial charge in [-0.25, -0.2) is 9.97 Å². The van der Waals surface area contributed by atoms with Crippen LogP contribution in [0.2, 0.25) is 0 Å². The summed E-state index contributed by atoms with van der Waals surface area (Å²) in [4.78, 5) is 8.81. The van der Waals surface area contributed by atoms with Crippen LogP contribution in [0.15, 0.2) is 12.4 Å². The maximum absolute atomic E-state index is 4.40. The Morgan fingerprint density at radius 3 is 2.33 bits per heavy atom. The number of nitrogens with zero attached hydrogens (tertiary/aromatic N) is 2. The molecule has 1 heterocycles. The van der Waals surface area contributed by atoms with E-state index < -0.39 is 0 Å². The van der Waals surface area contributed by atoms with Crippen LogP contribution in [0, 0.1) is 5.92 Å². The largest absolute Gasteiger partial charge is 0.308 e. The van der Waals surface area contributed by atoms with Crippen molar-refractivity contribution in [2.75, 3.05) is 5.75 Å². The van der Waals surface area contributed by atoms with E-state index in [2.05, 4.69) is 49.9 Å². The molecule has 0 atom stereocenters. The molecule has 0 unspecified atom stereocenters. The zero-order valence-corrected chi connectivity index (χ0v) is 13.0. The van der Waals surface area contributed by atoms with Crippen LogP contribution in [0.25, 0.3) is 0 Å². The van der Waals surface area contributed by atoms with Crippen LogP contribution in [0.3, 0.4) is 0 Å². The molecule has 0 aliphatic rings. The predicted molar refractivity (Wildman–Crippen MR) is 79.6 cm³/mol. The fourth-order valence-corrected chi connectivity index (χ4v) is 2.22. The number of thioether (sulfide) groups is 1. The van der Waals surface area contributed by atoms with Crippen LogP contribution in [0.5, 0.6) is 0 Å². The highest BCUT2D eigenvalue weighted by atomic mass is 32.2.